The van der Waals surface area contributed by atoms with E-state index in [1.165, 1.54) is 0 Å². The van der Waals surface area contributed by atoms with Crippen molar-refractivity contribution in [2.45, 2.75) is 4.90 Å². The lowest BCUT2D eigenvalue weighted by Gasteiger charge is -2.35. The molecule has 5 rings (SSSR count). The largest absolute Gasteiger partial charge is 0.351 e. The van der Waals surface area contributed by atoms with E-state index in [4.69, 9.17) is 4.98 Å². The highest BCUT2D eigenvalue weighted by atomic mass is 32.2. The van der Waals surface area contributed by atoms with Crippen molar-refractivity contribution in [2.75, 3.05) is 36.8 Å². The predicted octanol–water partition coefficient (Wildman–Crippen LogP) is 3.93. The second kappa shape index (κ2) is 7.79. The summed E-state index contributed by atoms with van der Waals surface area (Å²) in [5.41, 5.74) is 3.22. The molecule has 0 N–H and O–H groups in total. The van der Waals surface area contributed by atoms with Crippen LogP contribution in [0.2, 0.25) is 0 Å². The van der Waals surface area contributed by atoms with Crippen LogP contribution in [0.5, 0.6) is 0 Å². The van der Waals surface area contributed by atoms with E-state index in [-0.39, 0.29) is 5.91 Å². The number of rotatable bonds is 4. The number of thioether (sulfide) groups is 1. The number of fused-ring (bicyclic) bond motifs is 3. The Labute approximate surface area is 173 Å². The molecule has 1 aliphatic rings. The van der Waals surface area contributed by atoms with Gasteiger partial charge in [-0.3, -0.25) is 4.79 Å². The zero-order valence-corrected chi connectivity index (χ0v) is 16.9. The molecule has 2 aromatic heterocycles. The van der Waals surface area contributed by atoms with E-state index in [1.54, 1.807) is 11.8 Å². The molecular formula is C23H22N4OS. The van der Waals surface area contributed by atoms with Crippen LogP contribution in [0.1, 0.15) is 0 Å². The summed E-state index contributed by atoms with van der Waals surface area (Å²) in [5.74, 6) is 1.69. The third kappa shape index (κ3) is 3.56. The van der Waals surface area contributed by atoms with Crippen molar-refractivity contribution in [1.82, 2.24) is 14.3 Å². The van der Waals surface area contributed by atoms with Crippen molar-refractivity contribution < 1.29 is 4.79 Å². The maximum atomic E-state index is 12.6. The SMILES string of the molecule is O=C(CSc1ccccc1)N1CCN(c2nc3ccccc3n3cccc23)CC1. The average Bonchev–Trinajstić information content (AvgIpc) is 3.28. The highest BCUT2D eigenvalue weighted by Crippen LogP contribution is 2.26. The summed E-state index contributed by atoms with van der Waals surface area (Å²) in [7, 11) is 0. The number of amides is 1. The fourth-order valence-electron chi connectivity index (χ4n) is 3.86. The molecule has 1 fully saturated rings. The number of para-hydroxylation sites is 2. The first kappa shape index (κ1) is 18.1. The van der Waals surface area contributed by atoms with Crippen molar-refractivity contribution in [2.24, 2.45) is 0 Å². The molecule has 4 aromatic rings. The van der Waals surface area contributed by atoms with Gasteiger partial charge in [-0.25, -0.2) is 4.98 Å². The maximum Gasteiger partial charge on any atom is 0.233 e. The molecule has 5 nitrogen and oxygen atoms in total. The Kier molecular flexibility index (Phi) is 4.86. The molecule has 29 heavy (non-hydrogen) atoms. The second-order valence-corrected chi connectivity index (χ2v) is 8.21. The zero-order chi connectivity index (χ0) is 19.6. The third-order valence-corrected chi connectivity index (χ3v) is 6.38. The van der Waals surface area contributed by atoms with Crippen molar-refractivity contribution in [3.63, 3.8) is 0 Å². The van der Waals surface area contributed by atoms with Crippen LogP contribution in [0, 0.1) is 0 Å². The van der Waals surface area contributed by atoms with E-state index in [9.17, 15) is 4.79 Å². The van der Waals surface area contributed by atoms with Crippen LogP contribution in [0.25, 0.3) is 16.6 Å². The van der Waals surface area contributed by atoms with Crippen molar-refractivity contribution >= 4 is 40.0 Å². The Morgan fingerprint density at radius 1 is 0.862 bits per heavy atom. The Morgan fingerprint density at radius 3 is 2.41 bits per heavy atom. The molecule has 1 saturated heterocycles. The van der Waals surface area contributed by atoms with Gasteiger partial charge in [0.2, 0.25) is 5.91 Å². The number of carbonyl (C=O) groups is 1. The quantitative estimate of drug-likeness (QED) is 0.485. The van der Waals surface area contributed by atoms with Gasteiger partial charge in [0, 0.05) is 37.3 Å². The van der Waals surface area contributed by atoms with Gasteiger partial charge in [0.25, 0.3) is 0 Å². The van der Waals surface area contributed by atoms with Gasteiger partial charge >= 0.3 is 0 Å². The fourth-order valence-corrected chi connectivity index (χ4v) is 4.68. The number of carbonyl (C=O) groups excluding carboxylic acids is 1. The molecule has 0 aliphatic carbocycles. The van der Waals surface area contributed by atoms with Gasteiger partial charge in [0.1, 0.15) is 0 Å². The van der Waals surface area contributed by atoms with Crippen LogP contribution in [0.3, 0.4) is 0 Å². The average molecular weight is 403 g/mol. The van der Waals surface area contributed by atoms with Gasteiger partial charge in [0.15, 0.2) is 5.82 Å². The summed E-state index contributed by atoms with van der Waals surface area (Å²) in [6.07, 6.45) is 2.09. The normalized spacial score (nSPS) is 14.6. The highest BCUT2D eigenvalue weighted by molar-refractivity contribution is 8.00. The van der Waals surface area contributed by atoms with E-state index >= 15 is 0 Å². The Morgan fingerprint density at radius 2 is 1.59 bits per heavy atom. The Hall–Kier alpha value is -2.99. The number of benzene rings is 2. The van der Waals surface area contributed by atoms with E-state index in [2.05, 4.69) is 39.8 Å². The third-order valence-electron chi connectivity index (χ3n) is 5.38. The first-order valence-corrected chi connectivity index (χ1v) is 10.8. The number of aromatic nitrogens is 2. The lowest BCUT2D eigenvalue weighted by atomic mass is 10.2. The summed E-state index contributed by atoms with van der Waals surface area (Å²) in [5, 5.41) is 0. The molecule has 1 amide bonds. The zero-order valence-electron chi connectivity index (χ0n) is 16.1. The van der Waals surface area contributed by atoms with E-state index in [0.717, 1.165) is 53.4 Å². The highest BCUT2D eigenvalue weighted by Gasteiger charge is 2.23. The molecule has 0 saturated carbocycles. The van der Waals surface area contributed by atoms with Gasteiger partial charge < -0.3 is 14.2 Å². The Bertz CT molecular complexity index is 1150. The fraction of sp³-hybridized carbons (Fsp3) is 0.217. The van der Waals surface area contributed by atoms with Crippen molar-refractivity contribution in [3.05, 3.63) is 72.9 Å². The maximum absolute atomic E-state index is 12.6. The minimum absolute atomic E-state index is 0.206. The van der Waals surface area contributed by atoms with E-state index in [0.29, 0.717) is 5.75 Å². The standard InChI is InChI=1S/C23H22N4OS/c28-22(17-29-18-7-2-1-3-8-18)25-13-15-26(16-14-25)23-21-11-6-12-27(21)20-10-5-4-9-19(20)24-23/h1-12H,13-17H2. The molecule has 0 atom stereocenters. The van der Waals surface area contributed by atoms with Crippen LogP contribution in [-0.2, 0) is 4.79 Å². The van der Waals surface area contributed by atoms with Crippen LogP contribution in [0.4, 0.5) is 5.82 Å². The summed E-state index contributed by atoms with van der Waals surface area (Å²) in [4.78, 5) is 23.0. The van der Waals surface area contributed by atoms with Gasteiger partial charge in [0.05, 0.1) is 22.3 Å². The van der Waals surface area contributed by atoms with Crippen LogP contribution in [0.15, 0.2) is 77.8 Å². The number of hydrogen-bond donors (Lipinski definition) is 0. The molecule has 3 heterocycles. The van der Waals surface area contributed by atoms with Gasteiger partial charge in [-0.1, -0.05) is 30.3 Å². The minimum atomic E-state index is 0.206. The summed E-state index contributed by atoms with van der Waals surface area (Å²) >= 11 is 1.60. The van der Waals surface area contributed by atoms with Crippen LogP contribution in [-0.4, -0.2) is 52.1 Å². The summed E-state index contributed by atoms with van der Waals surface area (Å²) in [6.45, 7) is 3.06. The molecule has 0 bridgehead atoms. The molecule has 146 valence electrons. The van der Waals surface area contributed by atoms with Crippen LogP contribution >= 0.6 is 11.8 Å². The number of hydrogen-bond acceptors (Lipinski definition) is 4. The van der Waals surface area contributed by atoms with Gasteiger partial charge in [-0.15, -0.1) is 11.8 Å². The van der Waals surface area contributed by atoms with E-state index in [1.807, 2.05) is 47.4 Å². The smallest absolute Gasteiger partial charge is 0.233 e. The minimum Gasteiger partial charge on any atom is -0.351 e. The lowest BCUT2D eigenvalue weighted by Crippen LogP contribution is -2.49. The second-order valence-electron chi connectivity index (χ2n) is 7.16. The number of piperazine rings is 1. The molecule has 2 aromatic carbocycles. The van der Waals surface area contributed by atoms with E-state index < -0.39 is 0 Å². The monoisotopic (exact) mass is 402 g/mol. The lowest BCUT2D eigenvalue weighted by molar-refractivity contribution is -0.128. The molecule has 6 heteroatoms. The van der Waals surface area contributed by atoms with Gasteiger partial charge in [-0.05, 0) is 36.4 Å². The summed E-state index contributed by atoms with van der Waals surface area (Å²) < 4.78 is 2.20. The Balaban J connectivity index is 1.29. The van der Waals surface area contributed by atoms with Gasteiger partial charge in [-0.2, -0.15) is 0 Å². The number of anilines is 1. The molecule has 0 spiro atoms. The summed E-state index contributed by atoms with van der Waals surface area (Å²) in [6, 6.07) is 22.5. The van der Waals surface area contributed by atoms with Crippen molar-refractivity contribution in [3.8, 4) is 0 Å². The van der Waals surface area contributed by atoms with Crippen molar-refractivity contribution in [1.29, 1.82) is 0 Å². The predicted molar refractivity (Wildman–Crippen MR) is 119 cm³/mol. The number of nitrogens with zero attached hydrogens (tertiary/aromatic N) is 4. The first-order chi connectivity index (χ1) is 14.3. The molecular weight excluding hydrogens is 380 g/mol. The first-order valence-electron chi connectivity index (χ1n) is 9.86. The van der Waals surface area contributed by atoms with Crippen LogP contribution < -0.4 is 4.90 Å². The molecule has 1 aliphatic heterocycles. The topological polar surface area (TPSA) is 40.9 Å². The molecule has 0 radical (unpaired) electrons. The molecule has 0 unspecified atom stereocenters.